The van der Waals surface area contributed by atoms with Crippen molar-refractivity contribution in [3.8, 4) is 0 Å². The molecule has 0 spiro atoms. The third-order valence-corrected chi connectivity index (χ3v) is 6.04. The van der Waals surface area contributed by atoms with E-state index in [1.807, 2.05) is 48.5 Å². The van der Waals surface area contributed by atoms with E-state index in [-0.39, 0.29) is 5.91 Å². The van der Waals surface area contributed by atoms with Crippen molar-refractivity contribution in [1.29, 1.82) is 0 Å². The minimum absolute atomic E-state index is 0.236. The van der Waals surface area contributed by atoms with Gasteiger partial charge in [-0.15, -0.1) is 0 Å². The number of hydrogen-bond acceptors (Lipinski definition) is 2. The maximum atomic E-state index is 13.3. The predicted molar refractivity (Wildman–Crippen MR) is 127 cm³/mol. The molecule has 3 nitrogen and oxygen atoms in total. The van der Waals surface area contributed by atoms with E-state index in [1.54, 1.807) is 29.2 Å². The molecule has 3 aromatic rings. The highest BCUT2D eigenvalue weighted by atomic mass is 79.9. The zero-order valence-corrected chi connectivity index (χ0v) is 19.4. The summed E-state index contributed by atoms with van der Waals surface area (Å²) >= 11 is 19.3. The first-order chi connectivity index (χ1) is 13.9. The van der Waals surface area contributed by atoms with Gasteiger partial charge >= 0.3 is 0 Å². The van der Waals surface area contributed by atoms with Gasteiger partial charge in [-0.2, -0.15) is 0 Å². The molecule has 7 heteroatoms. The summed E-state index contributed by atoms with van der Waals surface area (Å²) in [5.74, 6) is 0.303. The molecular formula is C22H12Br2Cl2N2O. The molecule has 0 radical (unpaired) electrons. The van der Waals surface area contributed by atoms with Gasteiger partial charge < -0.3 is 0 Å². The molecule has 0 atom stereocenters. The molecule has 0 aromatic heterocycles. The van der Waals surface area contributed by atoms with Crippen LogP contribution in [0.3, 0.4) is 0 Å². The molecule has 0 saturated carbocycles. The summed E-state index contributed by atoms with van der Waals surface area (Å²) in [4.78, 5) is 19.6. The average molecular weight is 551 g/mol. The quantitative estimate of drug-likeness (QED) is 0.314. The number of nitrogens with zero attached hydrogens (tertiary/aromatic N) is 2. The number of carbonyl (C=O) groups is 1. The third-order valence-electron chi connectivity index (χ3n) is 4.30. The van der Waals surface area contributed by atoms with E-state index in [0.717, 1.165) is 14.5 Å². The SMILES string of the molecule is O=C1/C(=C\c2ccc(Cl)cc2Cl)N=C(c2ccccc2Br)N1c1cccc(Br)c1. The number of rotatable bonds is 3. The van der Waals surface area contributed by atoms with Gasteiger partial charge in [0.1, 0.15) is 11.5 Å². The number of halogens is 4. The van der Waals surface area contributed by atoms with Crippen LogP contribution in [0.25, 0.3) is 6.08 Å². The van der Waals surface area contributed by atoms with Crippen molar-refractivity contribution >= 4 is 78.6 Å². The Kier molecular flexibility index (Phi) is 5.93. The maximum absolute atomic E-state index is 13.3. The summed E-state index contributed by atoms with van der Waals surface area (Å²) in [5.41, 5.74) is 2.49. The fourth-order valence-electron chi connectivity index (χ4n) is 2.96. The summed E-state index contributed by atoms with van der Waals surface area (Å²) in [7, 11) is 0. The van der Waals surface area contributed by atoms with Crippen molar-refractivity contribution in [3.63, 3.8) is 0 Å². The largest absolute Gasteiger partial charge is 0.282 e. The van der Waals surface area contributed by atoms with Crippen LogP contribution in [0.2, 0.25) is 10.0 Å². The van der Waals surface area contributed by atoms with Gasteiger partial charge in [-0.3, -0.25) is 9.69 Å². The summed E-state index contributed by atoms with van der Waals surface area (Å²) in [6.45, 7) is 0. The number of hydrogen-bond donors (Lipinski definition) is 0. The molecule has 144 valence electrons. The van der Waals surface area contributed by atoms with Gasteiger partial charge in [-0.05, 0) is 48.0 Å². The lowest BCUT2D eigenvalue weighted by Crippen LogP contribution is -2.32. The molecule has 0 N–H and O–H groups in total. The van der Waals surface area contributed by atoms with E-state index in [4.69, 9.17) is 23.2 Å². The van der Waals surface area contributed by atoms with Crippen molar-refractivity contribution in [2.75, 3.05) is 4.90 Å². The Morgan fingerprint density at radius 2 is 1.72 bits per heavy atom. The lowest BCUT2D eigenvalue weighted by Gasteiger charge is -2.19. The van der Waals surface area contributed by atoms with E-state index >= 15 is 0 Å². The van der Waals surface area contributed by atoms with Gasteiger partial charge in [0, 0.05) is 24.6 Å². The first-order valence-corrected chi connectivity index (χ1v) is 10.9. The highest BCUT2D eigenvalue weighted by Gasteiger charge is 2.33. The second kappa shape index (κ2) is 8.44. The van der Waals surface area contributed by atoms with Gasteiger partial charge in [0.15, 0.2) is 0 Å². The van der Waals surface area contributed by atoms with E-state index in [1.165, 1.54) is 0 Å². The fourth-order valence-corrected chi connectivity index (χ4v) is 4.27. The van der Waals surface area contributed by atoms with Crippen molar-refractivity contribution < 1.29 is 4.79 Å². The first kappa shape index (κ1) is 20.4. The molecule has 29 heavy (non-hydrogen) atoms. The van der Waals surface area contributed by atoms with Gasteiger partial charge in [-0.25, -0.2) is 4.99 Å². The van der Waals surface area contributed by atoms with Crippen molar-refractivity contribution in [2.24, 2.45) is 4.99 Å². The Morgan fingerprint density at radius 1 is 0.931 bits per heavy atom. The van der Waals surface area contributed by atoms with Crippen molar-refractivity contribution in [1.82, 2.24) is 0 Å². The van der Waals surface area contributed by atoms with Gasteiger partial charge in [0.2, 0.25) is 0 Å². The Balaban J connectivity index is 1.87. The predicted octanol–water partition coefficient (Wildman–Crippen LogP) is 7.35. The number of benzene rings is 3. The minimum atomic E-state index is -0.236. The Hall–Kier alpha value is -1.92. The Bertz CT molecular complexity index is 1190. The highest BCUT2D eigenvalue weighted by molar-refractivity contribution is 9.10. The zero-order chi connectivity index (χ0) is 20.5. The summed E-state index contributed by atoms with van der Waals surface area (Å²) < 4.78 is 1.71. The molecule has 0 unspecified atom stereocenters. The van der Waals surface area contributed by atoms with Crippen LogP contribution in [0.4, 0.5) is 5.69 Å². The van der Waals surface area contributed by atoms with Crippen LogP contribution in [-0.2, 0) is 4.79 Å². The van der Waals surface area contributed by atoms with Crippen LogP contribution < -0.4 is 4.90 Å². The molecule has 1 aliphatic heterocycles. The number of amidine groups is 1. The maximum Gasteiger partial charge on any atom is 0.282 e. The average Bonchev–Trinajstić information content (AvgIpc) is 3.00. The number of amides is 1. The van der Waals surface area contributed by atoms with Gasteiger partial charge in [0.25, 0.3) is 5.91 Å². The molecular weight excluding hydrogens is 539 g/mol. The molecule has 1 aliphatic rings. The lowest BCUT2D eigenvalue weighted by molar-refractivity contribution is -0.113. The van der Waals surface area contributed by atoms with E-state index < -0.39 is 0 Å². The second-order valence-corrected chi connectivity index (χ2v) is 8.84. The minimum Gasteiger partial charge on any atom is -0.266 e. The summed E-state index contributed by atoms with van der Waals surface area (Å²) in [6.07, 6.45) is 1.68. The smallest absolute Gasteiger partial charge is 0.266 e. The van der Waals surface area contributed by atoms with Gasteiger partial charge in [-0.1, -0.05) is 85.4 Å². The molecule has 0 fully saturated rings. The van der Waals surface area contributed by atoms with Crippen molar-refractivity contribution in [2.45, 2.75) is 0 Å². The third kappa shape index (κ3) is 4.19. The molecule has 0 saturated heterocycles. The lowest BCUT2D eigenvalue weighted by atomic mass is 10.1. The number of carbonyl (C=O) groups excluding carboxylic acids is 1. The monoisotopic (exact) mass is 548 g/mol. The van der Waals surface area contributed by atoms with Crippen LogP contribution in [0.15, 0.2) is 86.4 Å². The normalized spacial score (nSPS) is 15.2. The molecule has 4 rings (SSSR count). The highest BCUT2D eigenvalue weighted by Crippen LogP contribution is 2.32. The summed E-state index contributed by atoms with van der Waals surface area (Å²) in [6, 6.07) is 20.3. The van der Waals surface area contributed by atoms with Crippen LogP contribution in [-0.4, -0.2) is 11.7 Å². The Labute approximate surface area is 194 Å². The van der Waals surface area contributed by atoms with Crippen LogP contribution in [0.1, 0.15) is 11.1 Å². The first-order valence-electron chi connectivity index (χ1n) is 8.54. The molecule has 0 bridgehead atoms. The molecule has 3 aromatic carbocycles. The van der Waals surface area contributed by atoms with Crippen LogP contribution >= 0.6 is 55.1 Å². The Morgan fingerprint density at radius 3 is 2.45 bits per heavy atom. The molecule has 1 heterocycles. The fraction of sp³-hybridized carbons (Fsp3) is 0. The van der Waals surface area contributed by atoms with E-state index in [0.29, 0.717) is 32.8 Å². The molecule has 0 aliphatic carbocycles. The summed E-state index contributed by atoms with van der Waals surface area (Å²) in [5, 5.41) is 0.986. The van der Waals surface area contributed by atoms with E-state index in [9.17, 15) is 4.79 Å². The van der Waals surface area contributed by atoms with Gasteiger partial charge in [0.05, 0.1) is 5.69 Å². The topological polar surface area (TPSA) is 32.7 Å². The second-order valence-electron chi connectivity index (χ2n) is 6.23. The molecule has 1 amide bonds. The van der Waals surface area contributed by atoms with Crippen LogP contribution in [0, 0.1) is 0 Å². The number of anilines is 1. The zero-order valence-electron chi connectivity index (χ0n) is 14.7. The van der Waals surface area contributed by atoms with Crippen LogP contribution in [0.5, 0.6) is 0 Å². The number of aliphatic imine (C=N–C) groups is 1. The van der Waals surface area contributed by atoms with Crippen molar-refractivity contribution in [3.05, 3.63) is 103 Å². The standard InChI is InChI=1S/C22H12Br2Cl2N2O/c23-14-4-3-5-16(11-14)28-21(17-6-1-2-7-18(17)24)27-20(22(28)29)10-13-8-9-15(25)12-19(13)26/h1-12H/b20-10+. The van der Waals surface area contributed by atoms with E-state index in [2.05, 4.69) is 36.9 Å².